The molecule has 0 aliphatic heterocycles. The lowest BCUT2D eigenvalue weighted by atomic mass is 9.98. The van der Waals surface area contributed by atoms with E-state index in [-0.39, 0.29) is 6.04 Å². The molecule has 0 spiro atoms. The highest BCUT2D eigenvalue weighted by Gasteiger charge is 2.21. The molecular weight excluding hydrogens is 340 g/mol. The zero-order chi connectivity index (χ0) is 17.9. The van der Waals surface area contributed by atoms with Crippen molar-refractivity contribution in [2.45, 2.75) is 12.5 Å². The van der Waals surface area contributed by atoms with Crippen LogP contribution in [0, 0.1) is 0 Å². The molecule has 4 aromatic rings. The topological polar surface area (TPSA) is 30.9 Å². The molecule has 0 saturated heterocycles. The second-order valence-corrected chi connectivity index (χ2v) is 6.91. The van der Waals surface area contributed by atoms with Crippen LogP contribution in [-0.4, -0.2) is 11.1 Å². The normalized spacial score (nSPS) is 11.3. The fourth-order valence-corrected chi connectivity index (χ4v) is 3.82. The molecule has 1 aromatic heterocycles. The highest BCUT2D eigenvalue weighted by molar-refractivity contribution is 6.31. The summed E-state index contributed by atoms with van der Waals surface area (Å²) in [5.74, 6) is 0. The van der Waals surface area contributed by atoms with E-state index in [0.29, 0.717) is 6.54 Å². The lowest BCUT2D eigenvalue weighted by Gasteiger charge is -2.24. The minimum atomic E-state index is 0.0786. The molecule has 3 heteroatoms. The van der Waals surface area contributed by atoms with Gasteiger partial charge in [-0.3, -0.25) is 0 Å². The standard InChI is InChI=1S/C23H21ClN2/c24-20-12-11-19-15-21(13-14-25)26(22(19)16-20)23(17-7-3-1-4-8-17)18-9-5-2-6-10-18/h1-12,15-16,23H,13-14,25H2. The van der Waals surface area contributed by atoms with Crippen LogP contribution in [0.4, 0.5) is 0 Å². The summed E-state index contributed by atoms with van der Waals surface area (Å²) in [6.07, 6.45) is 0.822. The Morgan fingerprint density at radius 3 is 2.00 bits per heavy atom. The lowest BCUT2D eigenvalue weighted by Crippen LogP contribution is -2.17. The number of aromatic nitrogens is 1. The van der Waals surface area contributed by atoms with Crippen LogP contribution >= 0.6 is 11.6 Å². The van der Waals surface area contributed by atoms with Crippen LogP contribution in [0.25, 0.3) is 10.9 Å². The molecule has 1 heterocycles. The maximum atomic E-state index is 6.34. The van der Waals surface area contributed by atoms with Crippen molar-refractivity contribution in [1.82, 2.24) is 4.57 Å². The third kappa shape index (κ3) is 3.14. The largest absolute Gasteiger partial charge is 0.333 e. The molecule has 2 N–H and O–H groups in total. The maximum absolute atomic E-state index is 6.34. The first-order chi connectivity index (χ1) is 12.8. The van der Waals surface area contributed by atoms with Crippen LogP contribution in [0.2, 0.25) is 5.02 Å². The zero-order valence-electron chi connectivity index (χ0n) is 14.5. The average molecular weight is 361 g/mol. The smallest absolute Gasteiger partial charge is 0.0841 e. The van der Waals surface area contributed by atoms with Crippen molar-refractivity contribution >= 4 is 22.5 Å². The molecule has 0 bridgehead atoms. The predicted octanol–water partition coefficient (Wildman–Crippen LogP) is 5.43. The van der Waals surface area contributed by atoms with E-state index in [1.54, 1.807) is 0 Å². The number of benzene rings is 3. The van der Waals surface area contributed by atoms with E-state index in [0.717, 1.165) is 17.0 Å². The molecule has 26 heavy (non-hydrogen) atoms. The van der Waals surface area contributed by atoms with Crippen molar-refractivity contribution in [1.29, 1.82) is 0 Å². The van der Waals surface area contributed by atoms with Gasteiger partial charge < -0.3 is 10.3 Å². The Bertz CT molecular complexity index is 967. The lowest BCUT2D eigenvalue weighted by molar-refractivity contribution is 0.663. The predicted molar refractivity (Wildman–Crippen MR) is 110 cm³/mol. The maximum Gasteiger partial charge on any atom is 0.0841 e. The van der Waals surface area contributed by atoms with E-state index < -0.39 is 0 Å². The molecule has 4 rings (SSSR count). The Morgan fingerprint density at radius 1 is 0.808 bits per heavy atom. The molecule has 0 aliphatic carbocycles. The second-order valence-electron chi connectivity index (χ2n) is 6.47. The van der Waals surface area contributed by atoms with Gasteiger partial charge in [0.15, 0.2) is 0 Å². The molecule has 0 radical (unpaired) electrons. The Labute approximate surface area is 158 Å². The molecule has 0 atom stereocenters. The van der Waals surface area contributed by atoms with Crippen LogP contribution < -0.4 is 5.73 Å². The first-order valence-electron chi connectivity index (χ1n) is 8.87. The number of nitrogens with two attached hydrogens (primary N) is 1. The third-order valence-corrected chi connectivity index (χ3v) is 5.01. The van der Waals surface area contributed by atoms with Crippen LogP contribution in [-0.2, 0) is 6.42 Å². The first kappa shape index (κ1) is 16.9. The number of halogens is 1. The van der Waals surface area contributed by atoms with Gasteiger partial charge in [0.05, 0.1) is 11.6 Å². The van der Waals surface area contributed by atoms with Crippen molar-refractivity contribution < 1.29 is 0 Å². The summed E-state index contributed by atoms with van der Waals surface area (Å²) < 4.78 is 2.39. The van der Waals surface area contributed by atoms with Gasteiger partial charge in [0.2, 0.25) is 0 Å². The van der Waals surface area contributed by atoms with E-state index in [2.05, 4.69) is 83.4 Å². The van der Waals surface area contributed by atoms with Gasteiger partial charge in [-0.15, -0.1) is 0 Å². The minimum Gasteiger partial charge on any atom is -0.333 e. The quantitative estimate of drug-likeness (QED) is 0.505. The molecule has 130 valence electrons. The summed E-state index contributed by atoms with van der Waals surface area (Å²) in [5, 5.41) is 1.94. The van der Waals surface area contributed by atoms with Gasteiger partial charge in [0.1, 0.15) is 0 Å². The fraction of sp³-hybridized carbons (Fsp3) is 0.130. The summed E-state index contributed by atoms with van der Waals surface area (Å²) >= 11 is 6.34. The molecule has 2 nitrogen and oxygen atoms in total. The van der Waals surface area contributed by atoms with E-state index in [4.69, 9.17) is 17.3 Å². The van der Waals surface area contributed by atoms with Crippen molar-refractivity contribution in [3.8, 4) is 0 Å². The van der Waals surface area contributed by atoms with Crippen LogP contribution in [0.5, 0.6) is 0 Å². The molecule has 0 saturated carbocycles. The van der Waals surface area contributed by atoms with Gasteiger partial charge in [-0.2, -0.15) is 0 Å². The first-order valence-corrected chi connectivity index (χ1v) is 9.25. The number of hydrogen-bond donors (Lipinski definition) is 1. The number of nitrogens with zero attached hydrogens (tertiary/aromatic N) is 1. The highest BCUT2D eigenvalue weighted by Crippen LogP contribution is 2.34. The van der Waals surface area contributed by atoms with Gasteiger partial charge in [-0.25, -0.2) is 0 Å². The van der Waals surface area contributed by atoms with Crippen LogP contribution in [0.15, 0.2) is 84.9 Å². The zero-order valence-corrected chi connectivity index (χ0v) is 15.2. The molecule has 0 aliphatic rings. The number of hydrogen-bond acceptors (Lipinski definition) is 1. The van der Waals surface area contributed by atoms with Crippen molar-refractivity contribution in [2.75, 3.05) is 6.54 Å². The van der Waals surface area contributed by atoms with Gasteiger partial charge >= 0.3 is 0 Å². The third-order valence-electron chi connectivity index (χ3n) is 4.77. The molecular formula is C23H21ClN2. The molecule has 3 aromatic carbocycles. The van der Waals surface area contributed by atoms with Gasteiger partial charge in [0.25, 0.3) is 0 Å². The van der Waals surface area contributed by atoms with Crippen molar-refractivity contribution in [2.24, 2.45) is 5.73 Å². The Hall–Kier alpha value is -2.55. The van der Waals surface area contributed by atoms with Crippen LogP contribution in [0.3, 0.4) is 0 Å². The second kappa shape index (κ2) is 7.36. The fourth-order valence-electron chi connectivity index (χ4n) is 3.66. The molecule has 0 fully saturated rings. The van der Waals surface area contributed by atoms with Crippen molar-refractivity contribution in [3.63, 3.8) is 0 Å². The Kier molecular flexibility index (Phi) is 4.79. The van der Waals surface area contributed by atoms with Crippen molar-refractivity contribution in [3.05, 3.63) is 107 Å². The van der Waals surface area contributed by atoms with E-state index in [1.807, 2.05) is 6.07 Å². The average Bonchev–Trinajstić information content (AvgIpc) is 3.02. The summed E-state index contributed by atoms with van der Waals surface area (Å²) in [5.41, 5.74) is 10.8. The van der Waals surface area contributed by atoms with E-state index in [1.165, 1.54) is 22.2 Å². The summed E-state index contributed by atoms with van der Waals surface area (Å²) in [6.45, 7) is 0.611. The minimum absolute atomic E-state index is 0.0786. The SMILES string of the molecule is NCCc1cc2ccc(Cl)cc2n1C(c1ccccc1)c1ccccc1. The molecule has 0 amide bonds. The highest BCUT2D eigenvalue weighted by atomic mass is 35.5. The summed E-state index contributed by atoms with van der Waals surface area (Å²) in [6, 6.07) is 29.6. The van der Waals surface area contributed by atoms with E-state index in [9.17, 15) is 0 Å². The number of rotatable bonds is 5. The van der Waals surface area contributed by atoms with Gasteiger partial charge in [-0.05, 0) is 47.7 Å². The summed E-state index contributed by atoms with van der Waals surface area (Å²) in [4.78, 5) is 0. The van der Waals surface area contributed by atoms with Gasteiger partial charge in [0, 0.05) is 10.7 Å². The number of fused-ring (bicyclic) bond motifs is 1. The van der Waals surface area contributed by atoms with Gasteiger partial charge in [-0.1, -0.05) is 78.3 Å². The summed E-state index contributed by atoms with van der Waals surface area (Å²) in [7, 11) is 0. The Morgan fingerprint density at radius 2 is 1.42 bits per heavy atom. The monoisotopic (exact) mass is 360 g/mol. The Balaban J connectivity index is 2.02. The van der Waals surface area contributed by atoms with Crippen LogP contribution in [0.1, 0.15) is 22.9 Å². The van der Waals surface area contributed by atoms with E-state index >= 15 is 0 Å². The molecule has 0 unspecified atom stereocenters.